The van der Waals surface area contributed by atoms with Crippen molar-refractivity contribution in [1.82, 2.24) is 14.9 Å². The SMILES string of the molecule is CCOC(=O)N1CCC(Nc2ncccc2NC(=O)c2ccccn2)CC1. The smallest absolute Gasteiger partial charge is 0.409 e. The van der Waals surface area contributed by atoms with E-state index >= 15 is 0 Å². The molecule has 0 bridgehead atoms. The Kier molecular flexibility index (Phi) is 6.19. The van der Waals surface area contributed by atoms with Gasteiger partial charge in [-0.25, -0.2) is 9.78 Å². The molecule has 2 N–H and O–H groups in total. The molecule has 2 aromatic heterocycles. The zero-order chi connectivity index (χ0) is 19.1. The monoisotopic (exact) mass is 369 g/mol. The summed E-state index contributed by atoms with van der Waals surface area (Å²) >= 11 is 0. The van der Waals surface area contributed by atoms with E-state index in [1.54, 1.807) is 54.5 Å². The lowest BCUT2D eigenvalue weighted by atomic mass is 10.1. The fourth-order valence-electron chi connectivity index (χ4n) is 2.92. The number of anilines is 2. The lowest BCUT2D eigenvalue weighted by molar-refractivity contribution is 0.0981. The van der Waals surface area contributed by atoms with Crippen LogP contribution >= 0.6 is 0 Å². The number of hydrogen-bond acceptors (Lipinski definition) is 6. The maximum Gasteiger partial charge on any atom is 0.409 e. The second-order valence-corrected chi connectivity index (χ2v) is 6.17. The normalized spacial score (nSPS) is 14.5. The second-order valence-electron chi connectivity index (χ2n) is 6.17. The molecule has 1 saturated heterocycles. The van der Waals surface area contributed by atoms with Gasteiger partial charge in [-0.05, 0) is 44.0 Å². The van der Waals surface area contributed by atoms with Gasteiger partial charge >= 0.3 is 6.09 Å². The first-order valence-electron chi connectivity index (χ1n) is 9.03. The van der Waals surface area contributed by atoms with Crippen LogP contribution in [-0.4, -0.2) is 52.6 Å². The number of pyridine rings is 2. The molecule has 0 radical (unpaired) electrons. The average Bonchev–Trinajstić information content (AvgIpc) is 2.71. The van der Waals surface area contributed by atoms with Crippen LogP contribution in [0, 0.1) is 0 Å². The second kappa shape index (κ2) is 8.98. The molecule has 3 rings (SSSR count). The summed E-state index contributed by atoms with van der Waals surface area (Å²) in [6, 6.07) is 8.91. The van der Waals surface area contributed by atoms with Crippen LogP contribution in [-0.2, 0) is 4.74 Å². The van der Waals surface area contributed by atoms with Crippen LogP contribution in [0.5, 0.6) is 0 Å². The van der Waals surface area contributed by atoms with Crippen LogP contribution in [0.2, 0.25) is 0 Å². The summed E-state index contributed by atoms with van der Waals surface area (Å²) in [6.07, 6.45) is 4.55. The Morgan fingerprint density at radius 2 is 1.93 bits per heavy atom. The summed E-state index contributed by atoms with van der Waals surface area (Å²) < 4.78 is 5.04. The van der Waals surface area contributed by atoms with E-state index in [2.05, 4.69) is 20.6 Å². The Labute approximate surface area is 158 Å². The molecule has 0 spiro atoms. The predicted molar refractivity (Wildman–Crippen MR) is 102 cm³/mol. The fraction of sp³-hybridized carbons (Fsp3) is 0.368. The molecule has 0 atom stereocenters. The van der Waals surface area contributed by atoms with Gasteiger partial charge in [-0.3, -0.25) is 9.78 Å². The zero-order valence-corrected chi connectivity index (χ0v) is 15.2. The van der Waals surface area contributed by atoms with Crippen LogP contribution < -0.4 is 10.6 Å². The summed E-state index contributed by atoms with van der Waals surface area (Å²) in [5.41, 5.74) is 0.941. The Balaban J connectivity index is 1.60. The summed E-state index contributed by atoms with van der Waals surface area (Å²) in [5.74, 6) is 0.320. The van der Waals surface area contributed by atoms with Crippen LogP contribution in [0.3, 0.4) is 0 Å². The topological polar surface area (TPSA) is 96.5 Å². The molecule has 0 saturated carbocycles. The van der Waals surface area contributed by atoms with Crippen molar-refractivity contribution in [2.75, 3.05) is 30.3 Å². The van der Waals surface area contributed by atoms with Gasteiger partial charge in [-0.15, -0.1) is 0 Å². The molecule has 1 aliphatic heterocycles. The number of likely N-dealkylation sites (tertiary alicyclic amines) is 1. The molecular formula is C19H23N5O3. The maximum atomic E-state index is 12.4. The molecule has 1 fully saturated rings. The van der Waals surface area contributed by atoms with Gasteiger partial charge in [-0.1, -0.05) is 6.07 Å². The lowest BCUT2D eigenvalue weighted by Crippen LogP contribution is -2.42. The molecule has 0 unspecified atom stereocenters. The molecule has 0 aromatic carbocycles. The Hall–Kier alpha value is -3.16. The number of nitrogens with one attached hydrogen (secondary N) is 2. The van der Waals surface area contributed by atoms with E-state index in [0.717, 1.165) is 12.8 Å². The average molecular weight is 369 g/mol. The van der Waals surface area contributed by atoms with Crippen molar-refractivity contribution < 1.29 is 14.3 Å². The Morgan fingerprint density at radius 1 is 1.15 bits per heavy atom. The molecule has 2 amide bonds. The van der Waals surface area contributed by atoms with E-state index in [4.69, 9.17) is 4.74 Å². The molecule has 27 heavy (non-hydrogen) atoms. The van der Waals surface area contributed by atoms with Gasteiger partial charge in [0.2, 0.25) is 0 Å². The largest absolute Gasteiger partial charge is 0.450 e. The Bertz CT molecular complexity index is 776. The number of piperidine rings is 1. The number of aromatic nitrogens is 2. The highest BCUT2D eigenvalue weighted by Gasteiger charge is 2.24. The third-order valence-electron chi connectivity index (χ3n) is 4.32. The molecule has 142 valence electrons. The van der Waals surface area contributed by atoms with Gasteiger partial charge in [0.25, 0.3) is 5.91 Å². The molecule has 1 aliphatic rings. The predicted octanol–water partition coefficient (Wildman–Crippen LogP) is 2.76. The molecule has 3 heterocycles. The van der Waals surface area contributed by atoms with Gasteiger partial charge in [0.1, 0.15) is 11.5 Å². The van der Waals surface area contributed by atoms with E-state index in [1.165, 1.54) is 0 Å². The summed E-state index contributed by atoms with van der Waals surface area (Å²) in [7, 11) is 0. The fourth-order valence-corrected chi connectivity index (χ4v) is 2.92. The van der Waals surface area contributed by atoms with Crippen molar-refractivity contribution in [3.05, 3.63) is 48.4 Å². The molecule has 8 nitrogen and oxygen atoms in total. The quantitative estimate of drug-likeness (QED) is 0.841. The van der Waals surface area contributed by atoms with E-state index in [9.17, 15) is 9.59 Å². The van der Waals surface area contributed by atoms with Crippen molar-refractivity contribution in [3.8, 4) is 0 Å². The highest BCUT2D eigenvalue weighted by molar-refractivity contribution is 6.04. The van der Waals surface area contributed by atoms with Gasteiger partial charge in [-0.2, -0.15) is 0 Å². The third-order valence-corrected chi connectivity index (χ3v) is 4.32. The lowest BCUT2D eigenvalue weighted by Gasteiger charge is -2.32. The first-order valence-corrected chi connectivity index (χ1v) is 9.03. The van der Waals surface area contributed by atoms with E-state index < -0.39 is 0 Å². The number of carbonyl (C=O) groups is 2. The van der Waals surface area contributed by atoms with Gasteiger partial charge in [0, 0.05) is 31.5 Å². The summed E-state index contributed by atoms with van der Waals surface area (Å²) in [4.78, 5) is 34.3. The minimum atomic E-state index is -0.288. The van der Waals surface area contributed by atoms with Crippen molar-refractivity contribution in [1.29, 1.82) is 0 Å². The van der Waals surface area contributed by atoms with Gasteiger partial charge < -0.3 is 20.3 Å². The van der Waals surface area contributed by atoms with Crippen LogP contribution in [0.15, 0.2) is 42.7 Å². The van der Waals surface area contributed by atoms with Gasteiger partial charge in [0.05, 0.1) is 12.3 Å². The summed E-state index contributed by atoms with van der Waals surface area (Å²) in [5, 5.41) is 6.22. The van der Waals surface area contributed by atoms with Crippen molar-refractivity contribution in [3.63, 3.8) is 0 Å². The zero-order valence-electron chi connectivity index (χ0n) is 15.2. The van der Waals surface area contributed by atoms with Crippen LogP contribution in [0.25, 0.3) is 0 Å². The highest BCUT2D eigenvalue weighted by atomic mass is 16.6. The molecule has 0 aliphatic carbocycles. The third kappa shape index (κ3) is 4.93. The van der Waals surface area contributed by atoms with E-state index in [-0.39, 0.29) is 18.0 Å². The highest BCUT2D eigenvalue weighted by Crippen LogP contribution is 2.22. The molecule has 2 aromatic rings. The number of rotatable bonds is 5. The minimum absolute atomic E-state index is 0.163. The minimum Gasteiger partial charge on any atom is -0.450 e. The number of amides is 2. The number of carbonyl (C=O) groups excluding carboxylic acids is 2. The standard InChI is InChI=1S/C19H23N5O3/c1-2-27-19(26)24-12-8-14(9-13-24)22-17-15(7-5-11-21-17)23-18(25)16-6-3-4-10-20-16/h3-7,10-11,14H,2,8-9,12-13H2,1H3,(H,21,22)(H,23,25). The van der Waals surface area contributed by atoms with E-state index in [1.807, 2.05) is 0 Å². The molecule has 8 heteroatoms. The van der Waals surface area contributed by atoms with Crippen molar-refractivity contribution >= 4 is 23.5 Å². The summed E-state index contributed by atoms with van der Waals surface area (Å²) in [6.45, 7) is 3.43. The van der Waals surface area contributed by atoms with Crippen LogP contribution in [0.1, 0.15) is 30.3 Å². The van der Waals surface area contributed by atoms with E-state index in [0.29, 0.717) is 36.9 Å². The number of ether oxygens (including phenoxy) is 1. The first kappa shape index (κ1) is 18.6. The number of nitrogens with zero attached hydrogens (tertiary/aromatic N) is 3. The molecular weight excluding hydrogens is 346 g/mol. The Morgan fingerprint density at radius 3 is 2.63 bits per heavy atom. The van der Waals surface area contributed by atoms with Crippen molar-refractivity contribution in [2.24, 2.45) is 0 Å². The van der Waals surface area contributed by atoms with Crippen LogP contribution in [0.4, 0.5) is 16.3 Å². The number of hydrogen-bond donors (Lipinski definition) is 2. The maximum absolute atomic E-state index is 12.4. The van der Waals surface area contributed by atoms with Gasteiger partial charge in [0.15, 0.2) is 0 Å². The first-order chi connectivity index (χ1) is 13.2. The van der Waals surface area contributed by atoms with Crippen molar-refractivity contribution in [2.45, 2.75) is 25.8 Å².